The third-order valence-corrected chi connectivity index (χ3v) is 5.02. The normalized spacial score (nSPS) is 14.9. The fourth-order valence-electron chi connectivity index (χ4n) is 3.49. The van der Waals surface area contributed by atoms with Crippen LogP contribution in [0.25, 0.3) is 11.3 Å². The lowest BCUT2D eigenvalue weighted by Gasteiger charge is -2.49. The topological polar surface area (TPSA) is 125 Å². The summed E-state index contributed by atoms with van der Waals surface area (Å²) in [7, 11) is 1.83. The lowest BCUT2D eigenvalue weighted by Crippen LogP contribution is -2.64. The van der Waals surface area contributed by atoms with Crippen molar-refractivity contribution in [2.75, 3.05) is 25.0 Å². The Kier molecular flexibility index (Phi) is 4.74. The average Bonchev–Trinajstić information content (AvgIpc) is 3.33. The number of amides is 1. The van der Waals surface area contributed by atoms with Crippen LogP contribution in [0.4, 0.5) is 11.6 Å². The molecule has 1 aliphatic heterocycles. The predicted molar refractivity (Wildman–Crippen MR) is 104 cm³/mol. The summed E-state index contributed by atoms with van der Waals surface area (Å²) >= 11 is 0. The van der Waals surface area contributed by atoms with Crippen LogP contribution in [-0.2, 0) is 17.4 Å². The molecule has 148 valence electrons. The monoisotopic (exact) mass is 392 g/mol. The third kappa shape index (κ3) is 3.55. The van der Waals surface area contributed by atoms with Crippen molar-refractivity contribution in [1.29, 1.82) is 5.26 Å². The Balaban J connectivity index is 1.55. The maximum Gasteiger partial charge on any atom is 0.248 e. The van der Waals surface area contributed by atoms with E-state index in [9.17, 15) is 10.1 Å². The highest BCUT2D eigenvalue weighted by Gasteiger charge is 2.46. The Morgan fingerprint density at radius 3 is 2.90 bits per heavy atom. The van der Waals surface area contributed by atoms with Gasteiger partial charge >= 0.3 is 0 Å². The number of nitrogens with one attached hydrogen (secondary N) is 1. The number of nitriles is 1. The van der Waals surface area contributed by atoms with Gasteiger partial charge in [-0.3, -0.25) is 9.48 Å². The van der Waals surface area contributed by atoms with Crippen LogP contribution in [0.2, 0.25) is 0 Å². The van der Waals surface area contributed by atoms with Gasteiger partial charge in [0, 0.05) is 50.5 Å². The lowest BCUT2D eigenvalue weighted by atomic mass is 9.86. The number of hydrogen-bond donors (Lipinski definition) is 2. The van der Waals surface area contributed by atoms with Crippen LogP contribution in [0.15, 0.2) is 43.1 Å². The minimum Gasteiger partial charge on any atom is -0.387 e. The summed E-state index contributed by atoms with van der Waals surface area (Å²) in [5.41, 5.74) is 1.92. The summed E-state index contributed by atoms with van der Waals surface area (Å²) < 4.78 is 3.65. The Labute approximate surface area is 167 Å². The molecule has 0 radical (unpaired) electrons. The molecule has 0 atom stereocenters. The maximum absolute atomic E-state index is 11.7. The number of likely N-dealkylation sites (tertiary alicyclic amines) is 1. The van der Waals surface area contributed by atoms with Crippen LogP contribution < -0.4 is 5.32 Å². The summed E-state index contributed by atoms with van der Waals surface area (Å²) in [4.78, 5) is 22.0. The van der Waals surface area contributed by atoms with E-state index in [0.717, 1.165) is 16.9 Å². The molecular formula is C19H20N8O2. The van der Waals surface area contributed by atoms with E-state index in [1.54, 1.807) is 22.0 Å². The SMILES string of the molecule is Cn1cc(Nc2nccc(-c3ccn(C4(CC#N)CN(C(=O)CO)C4)c3)n2)cn1. The van der Waals surface area contributed by atoms with Gasteiger partial charge in [-0.2, -0.15) is 10.4 Å². The highest BCUT2D eigenvalue weighted by atomic mass is 16.3. The van der Waals surface area contributed by atoms with Crippen LogP contribution in [0.3, 0.4) is 0 Å². The molecule has 4 heterocycles. The predicted octanol–water partition coefficient (Wildman–Crippen LogP) is 0.866. The Hall–Kier alpha value is -3.71. The second kappa shape index (κ2) is 7.37. The quantitative estimate of drug-likeness (QED) is 0.637. The molecule has 1 fully saturated rings. The van der Waals surface area contributed by atoms with Crippen LogP contribution in [-0.4, -0.2) is 59.9 Å². The van der Waals surface area contributed by atoms with Crippen molar-refractivity contribution < 1.29 is 9.90 Å². The van der Waals surface area contributed by atoms with Gasteiger partial charge in [-0.25, -0.2) is 9.97 Å². The van der Waals surface area contributed by atoms with Crippen molar-refractivity contribution in [1.82, 2.24) is 29.2 Å². The summed E-state index contributed by atoms with van der Waals surface area (Å²) in [6.07, 6.45) is 9.28. The van der Waals surface area contributed by atoms with E-state index in [1.165, 1.54) is 0 Å². The molecule has 3 aromatic rings. The molecule has 3 aromatic heterocycles. The van der Waals surface area contributed by atoms with E-state index >= 15 is 0 Å². The molecular weight excluding hydrogens is 372 g/mol. The summed E-state index contributed by atoms with van der Waals surface area (Å²) in [6, 6.07) is 5.94. The van der Waals surface area contributed by atoms with Gasteiger partial charge in [0.2, 0.25) is 11.9 Å². The summed E-state index contributed by atoms with van der Waals surface area (Å²) in [6.45, 7) is 0.268. The number of carbonyl (C=O) groups is 1. The number of aryl methyl sites for hydroxylation is 1. The van der Waals surface area contributed by atoms with Gasteiger partial charge in [-0.15, -0.1) is 0 Å². The van der Waals surface area contributed by atoms with Crippen LogP contribution >= 0.6 is 0 Å². The first-order valence-corrected chi connectivity index (χ1v) is 9.06. The third-order valence-electron chi connectivity index (χ3n) is 5.02. The lowest BCUT2D eigenvalue weighted by molar-refractivity contribution is -0.145. The molecule has 1 amide bonds. The van der Waals surface area contributed by atoms with Crippen molar-refractivity contribution in [2.45, 2.75) is 12.0 Å². The standard InChI is InChI=1S/C19H20N8O2/c1-25-10-15(8-22-25)23-18-21-6-2-16(24-18)14-3-7-27(9-14)19(4-5-20)12-26(13-19)17(29)11-28/h2-3,6-10,28H,4,11-13H2,1H3,(H,21,23,24). The molecule has 0 unspecified atom stereocenters. The number of nitrogens with zero attached hydrogens (tertiary/aromatic N) is 7. The Morgan fingerprint density at radius 1 is 1.38 bits per heavy atom. The number of hydrogen-bond acceptors (Lipinski definition) is 7. The van der Waals surface area contributed by atoms with Gasteiger partial charge < -0.3 is 19.9 Å². The molecule has 10 heteroatoms. The Bertz CT molecular complexity index is 1070. The molecule has 0 saturated carbocycles. The molecule has 2 N–H and O–H groups in total. The highest BCUT2D eigenvalue weighted by Crippen LogP contribution is 2.34. The number of aliphatic hydroxyl groups excluding tert-OH is 1. The number of aromatic nitrogens is 5. The summed E-state index contributed by atoms with van der Waals surface area (Å²) in [5, 5.41) is 25.5. The highest BCUT2D eigenvalue weighted by molar-refractivity contribution is 5.78. The molecule has 0 aliphatic carbocycles. The fraction of sp³-hybridized carbons (Fsp3) is 0.316. The molecule has 0 bridgehead atoms. The zero-order valence-electron chi connectivity index (χ0n) is 15.9. The molecule has 0 spiro atoms. The van der Waals surface area contributed by atoms with Gasteiger partial charge in [0.15, 0.2) is 0 Å². The zero-order valence-corrected chi connectivity index (χ0v) is 15.9. The van der Waals surface area contributed by atoms with Crippen molar-refractivity contribution in [3.8, 4) is 17.3 Å². The number of rotatable bonds is 6. The molecule has 10 nitrogen and oxygen atoms in total. The van der Waals surface area contributed by atoms with Crippen molar-refractivity contribution >= 4 is 17.5 Å². The van der Waals surface area contributed by atoms with Gasteiger partial charge in [0.1, 0.15) is 6.61 Å². The molecule has 0 aromatic carbocycles. The molecule has 1 saturated heterocycles. The zero-order chi connectivity index (χ0) is 20.4. The minimum absolute atomic E-state index is 0.272. The van der Waals surface area contributed by atoms with E-state index in [0.29, 0.717) is 19.0 Å². The van der Waals surface area contributed by atoms with Gasteiger partial charge in [0.25, 0.3) is 0 Å². The van der Waals surface area contributed by atoms with Crippen LogP contribution in [0.1, 0.15) is 6.42 Å². The maximum atomic E-state index is 11.7. The first-order chi connectivity index (χ1) is 14.0. The van der Waals surface area contributed by atoms with Crippen LogP contribution in [0.5, 0.6) is 0 Å². The fourth-order valence-corrected chi connectivity index (χ4v) is 3.49. The second-order valence-corrected chi connectivity index (χ2v) is 7.07. The summed E-state index contributed by atoms with van der Waals surface area (Å²) in [5.74, 6) is 0.131. The average molecular weight is 392 g/mol. The van der Waals surface area contributed by atoms with Crippen molar-refractivity contribution in [3.05, 3.63) is 43.1 Å². The smallest absolute Gasteiger partial charge is 0.248 e. The van der Waals surface area contributed by atoms with Gasteiger partial charge in [-0.1, -0.05) is 0 Å². The van der Waals surface area contributed by atoms with E-state index in [-0.39, 0.29) is 12.3 Å². The first kappa shape index (κ1) is 18.6. The number of aliphatic hydroxyl groups is 1. The Morgan fingerprint density at radius 2 is 2.21 bits per heavy atom. The minimum atomic E-state index is -0.521. The second-order valence-electron chi connectivity index (χ2n) is 7.07. The number of anilines is 2. The van der Waals surface area contributed by atoms with Crippen molar-refractivity contribution in [3.63, 3.8) is 0 Å². The van der Waals surface area contributed by atoms with Crippen LogP contribution in [0, 0.1) is 11.3 Å². The first-order valence-electron chi connectivity index (χ1n) is 9.06. The van der Waals surface area contributed by atoms with E-state index in [1.807, 2.05) is 42.3 Å². The molecule has 4 rings (SSSR count). The van der Waals surface area contributed by atoms with E-state index < -0.39 is 12.1 Å². The number of carbonyl (C=O) groups excluding carboxylic acids is 1. The van der Waals surface area contributed by atoms with E-state index in [2.05, 4.69) is 26.5 Å². The van der Waals surface area contributed by atoms with Crippen molar-refractivity contribution in [2.24, 2.45) is 7.05 Å². The molecule has 1 aliphatic rings. The van der Waals surface area contributed by atoms with Gasteiger partial charge in [-0.05, 0) is 12.1 Å². The molecule has 29 heavy (non-hydrogen) atoms. The largest absolute Gasteiger partial charge is 0.387 e. The van der Waals surface area contributed by atoms with E-state index in [4.69, 9.17) is 5.11 Å². The van der Waals surface area contributed by atoms with Gasteiger partial charge in [0.05, 0.1) is 35.6 Å².